The third kappa shape index (κ3) is 3.87. The summed E-state index contributed by atoms with van der Waals surface area (Å²) in [7, 11) is 0. The summed E-state index contributed by atoms with van der Waals surface area (Å²) in [5.41, 5.74) is 11.7. The highest BCUT2D eigenvalue weighted by Crippen LogP contribution is 2.38. The molecule has 4 N–H and O–H groups in total. The van der Waals surface area contributed by atoms with Crippen LogP contribution in [0.3, 0.4) is 0 Å². The smallest absolute Gasteiger partial charge is 0.350 e. The molecule has 0 atom stereocenters. The molecule has 0 aliphatic carbocycles. The van der Waals surface area contributed by atoms with Gasteiger partial charge in [0, 0.05) is 13.1 Å². The molecule has 1 aromatic rings. The zero-order valence-corrected chi connectivity index (χ0v) is 13.6. The van der Waals surface area contributed by atoms with Crippen LogP contribution in [0.15, 0.2) is 0 Å². The van der Waals surface area contributed by atoms with Crippen molar-refractivity contribution < 1.29 is 14.3 Å². The predicted octanol–water partition coefficient (Wildman–Crippen LogP) is 2.23. The van der Waals surface area contributed by atoms with Gasteiger partial charge in [-0.15, -0.1) is 11.3 Å². The van der Waals surface area contributed by atoms with Crippen molar-refractivity contribution >= 4 is 33.9 Å². The molecule has 0 saturated heterocycles. The molecule has 0 unspecified atom stereocenters. The van der Waals surface area contributed by atoms with Crippen molar-refractivity contribution in [3.63, 3.8) is 0 Å². The zero-order valence-electron chi connectivity index (χ0n) is 12.8. The standard InChI is InChI=1S/C14H23N3O3S/c1-4-7-17(8-5-2)13-9(12(16)18)10(15)11(21-13)14(19)20-6-3/h4-8,15H2,1-3H3,(H2,16,18). The van der Waals surface area contributed by atoms with E-state index in [1.54, 1.807) is 6.92 Å². The first kappa shape index (κ1) is 17.3. The Hall–Kier alpha value is -1.76. The number of anilines is 2. The molecule has 0 saturated carbocycles. The lowest BCUT2D eigenvalue weighted by Gasteiger charge is -2.22. The highest BCUT2D eigenvalue weighted by molar-refractivity contribution is 7.19. The minimum absolute atomic E-state index is 0.123. The Morgan fingerprint density at radius 2 is 1.76 bits per heavy atom. The van der Waals surface area contributed by atoms with E-state index < -0.39 is 11.9 Å². The molecule has 0 bridgehead atoms. The normalized spacial score (nSPS) is 10.4. The van der Waals surface area contributed by atoms with E-state index in [4.69, 9.17) is 16.2 Å². The maximum absolute atomic E-state index is 11.9. The van der Waals surface area contributed by atoms with Gasteiger partial charge in [0.25, 0.3) is 5.91 Å². The summed E-state index contributed by atoms with van der Waals surface area (Å²) in [4.78, 5) is 25.9. The highest BCUT2D eigenvalue weighted by Gasteiger charge is 2.27. The van der Waals surface area contributed by atoms with Crippen molar-refractivity contribution in [2.24, 2.45) is 5.73 Å². The fourth-order valence-electron chi connectivity index (χ4n) is 2.10. The summed E-state index contributed by atoms with van der Waals surface area (Å²) < 4.78 is 4.98. The number of nitrogens with zero attached hydrogens (tertiary/aromatic N) is 1. The van der Waals surface area contributed by atoms with Crippen LogP contribution in [0.2, 0.25) is 0 Å². The number of ether oxygens (including phenoxy) is 1. The maximum atomic E-state index is 11.9. The molecule has 1 amide bonds. The molecule has 1 rings (SSSR count). The first-order chi connectivity index (χ1) is 9.97. The highest BCUT2D eigenvalue weighted by atomic mass is 32.1. The van der Waals surface area contributed by atoms with Gasteiger partial charge >= 0.3 is 5.97 Å². The molecule has 6 nitrogen and oxygen atoms in total. The van der Waals surface area contributed by atoms with E-state index in [0.29, 0.717) is 5.00 Å². The molecule has 0 fully saturated rings. The third-order valence-electron chi connectivity index (χ3n) is 2.91. The average molecular weight is 313 g/mol. The number of nitrogen functional groups attached to an aromatic ring is 1. The Morgan fingerprint density at radius 1 is 1.19 bits per heavy atom. The van der Waals surface area contributed by atoms with E-state index in [0.717, 1.165) is 25.9 Å². The van der Waals surface area contributed by atoms with Gasteiger partial charge in [-0.2, -0.15) is 0 Å². The minimum atomic E-state index is -0.619. The van der Waals surface area contributed by atoms with Gasteiger partial charge in [-0.05, 0) is 19.8 Å². The van der Waals surface area contributed by atoms with E-state index in [9.17, 15) is 9.59 Å². The number of thiophene rings is 1. The van der Waals surface area contributed by atoms with E-state index in [1.807, 2.05) is 4.90 Å². The number of esters is 1. The van der Waals surface area contributed by atoms with Crippen LogP contribution < -0.4 is 16.4 Å². The molecular weight excluding hydrogens is 290 g/mol. The van der Waals surface area contributed by atoms with Crippen LogP contribution in [0.1, 0.15) is 53.6 Å². The zero-order chi connectivity index (χ0) is 16.0. The number of hydrogen-bond acceptors (Lipinski definition) is 6. The first-order valence-electron chi connectivity index (χ1n) is 7.11. The summed E-state index contributed by atoms with van der Waals surface area (Å²) in [6.07, 6.45) is 1.84. The number of rotatable bonds is 8. The summed E-state index contributed by atoms with van der Waals surface area (Å²) >= 11 is 1.18. The van der Waals surface area contributed by atoms with Gasteiger partial charge in [0.15, 0.2) is 0 Å². The van der Waals surface area contributed by atoms with Crippen LogP contribution in [0.5, 0.6) is 0 Å². The second-order valence-electron chi connectivity index (χ2n) is 4.60. The van der Waals surface area contributed by atoms with E-state index >= 15 is 0 Å². The molecule has 0 aliphatic rings. The quantitative estimate of drug-likeness (QED) is 0.717. The molecule has 118 valence electrons. The average Bonchev–Trinajstić information content (AvgIpc) is 2.76. The molecule has 1 heterocycles. The predicted molar refractivity (Wildman–Crippen MR) is 86.0 cm³/mol. The van der Waals surface area contributed by atoms with Crippen LogP contribution in [0, 0.1) is 0 Å². The van der Waals surface area contributed by atoms with Gasteiger partial charge < -0.3 is 21.1 Å². The second kappa shape index (κ2) is 7.87. The van der Waals surface area contributed by atoms with E-state index in [1.165, 1.54) is 11.3 Å². The number of primary amides is 1. The first-order valence-corrected chi connectivity index (χ1v) is 7.93. The van der Waals surface area contributed by atoms with Crippen LogP contribution in [0.25, 0.3) is 0 Å². The van der Waals surface area contributed by atoms with Crippen molar-refractivity contribution in [1.29, 1.82) is 0 Å². The fraction of sp³-hybridized carbons (Fsp3) is 0.571. The Kier molecular flexibility index (Phi) is 6.48. The number of carbonyl (C=O) groups is 2. The molecule has 0 spiro atoms. The van der Waals surface area contributed by atoms with Crippen LogP contribution in [-0.4, -0.2) is 31.6 Å². The largest absolute Gasteiger partial charge is 0.462 e. The van der Waals surface area contributed by atoms with Crippen LogP contribution in [0.4, 0.5) is 10.7 Å². The SMILES string of the molecule is CCCN(CCC)c1sc(C(=O)OCC)c(N)c1C(N)=O. The Bertz CT molecular complexity index is 508. The van der Waals surface area contributed by atoms with Gasteiger partial charge in [-0.3, -0.25) is 4.79 Å². The van der Waals surface area contributed by atoms with Crippen LogP contribution >= 0.6 is 11.3 Å². The van der Waals surface area contributed by atoms with Crippen molar-refractivity contribution in [2.75, 3.05) is 30.3 Å². The molecular formula is C14H23N3O3S. The molecule has 7 heteroatoms. The van der Waals surface area contributed by atoms with Crippen molar-refractivity contribution in [3.8, 4) is 0 Å². The lowest BCUT2D eigenvalue weighted by Crippen LogP contribution is -2.27. The second-order valence-corrected chi connectivity index (χ2v) is 5.60. The van der Waals surface area contributed by atoms with Gasteiger partial charge in [0.1, 0.15) is 9.88 Å². The lowest BCUT2D eigenvalue weighted by atomic mass is 10.2. The molecule has 0 aromatic carbocycles. The number of amides is 1. The van der Waals surface area contributed by atoms with Crippen molar-refractivity contribution in [1.82, 2.24) is 0 Å². The number of nitrogens with two attached hydrogens (primary N) is 2. The Morgan fingerprint density at radius 3 is 2.19 bits per heavy atom. The molecule has 0 aliphatic heterocycles. The summed E-state index contributed by atoms with van der Waals surface area (Å²) in [6.45, 7) is 7.63. The summed E-state index contributed by atoms with van der Waals surface area (Å²) in [5.74, 6) is -1.13. The summed E-state index contributed by atoms with van der Waals surface area (Å²) in [5, 5.41) is 0.659. The van der Waals surface area contributed by atoms with Crippen molar-refractivity contribution in [3.05, 3.63) is 10.4 Å². The molecule has 1 aromatic heterocycles. The van der Waals surface area contributed by atoms with Crippen molar-refractivity contribution in [2.45, 2.75) is 33.6 Å². The number of hydrogen-bond donors (Lipinski definition) is 2. The van der Waals surface area contributed by atoms with E-state index in [-0.39, 0.29) is 22.7 Å². The fourth-order valence-corrected chi connectivity index (χ4v) is 3.27. The van der Waals surface area contributed by atoms with Gasteiger partial charge in [-0.1, -0.05) is 13.8 Å². The monoisotopic (exact) mass is 313 g/mol. The Labute approximate surface area is 129 Å². The maximum Gasteiger partial charge on any atom is 0.350 e. The van der Waals surface area contributed by atoms with Gasteiger partial charge in [0.2, 0.25) is 0 Å². The topological polar surface area (TPSA) is 98.7 Å². The number of carbonyl (C=O) groups excluding carboxylic acids is 2. The third-order valence-corrected chi connectivity index (χ3v) is 4.15. The van der Waals surface area contributed by atoms with Gasteiger partial charge in [0.05, 0.1) is 17.9 Å². The minimum Gasteiger partial charge on any atom is -0.462 e. The molecule has 21 heavy (non-hydrogen) atoms. The Balaban J connectivity index is 3.32. The lowest BCUT2D eigenvalue weighted by molar-refractivity contribution is 0.0533. The summed E-state index contributed by atoms with van der Waals surface area (Å²) in [6, 6.07) is 0. The van der Waals surface area contributed by atoms with E-state index in [2.05, 4.69) is 13.8 Å². The van der Waals surface area contributed by atoms with Crippen LogP contribution in [-0.2, 0) is 4.74 Å². The van der Waals surface area contributed by atoms with Gasteiger partial charge in [-0.25, -0.2) is 4.79 Å². The molecule has 0 radical (unpaired) electrons.